The van der Waals surface area contributed by atoms with Gasteiger partial charge in [-0.2, -0.15) is 8.42 Å². The van der Waals surface area contributed by atoms with Crippen LogP contribution < -0.4 is 9.47 Å². The fourth-order valence-electron chi connectivity index (χ4n) is 1.55. The maximum absolute atomic E-state index is 11.2. The quantitative estimate of drug-likeness (QED) is 0.872. The molecule has 0 unspecified atom stereocenters. The van der Waals surface area contributed by atoms with E-state index in [0.29, 0.717) is 11.5 Å². The van der Waals surface area contributed by atoms with Crippen LogP contribution >= 0.6 is 0 Å². The van der Waals surface area contributed by atoms with Gasteiger partial charge in [-0.15, -0.1) is 0 Å². The van der Waals surface area contributed by atoms with Crippen molar-refractivity contribution >= 4 is 10.1 Å². The third-order valence-corrected chi connectivity index (χ3v) is 3.27. The van der Waals surface area contributed by atoms with E-state index in [0.717, 1.165) is 0 Å². The van der Waals surface area contributed by atoms with Crippen LogP contribution in [-0.4, -0.2) is 20.1 Å². The van der Waals surface area contributed by atoms with Crippen molar-refractivity contribution in [2.75, 3.05) is 7.11 Å². The lowest BCUT2D eigenvalue weighted by atomic mass is 10.3. The van der Waals surface area contributed by atoms with Gasteiger partial charge in [-0.25, -0.2) is 0 Å². The van der Waals surface area contributed by atoms with Gasteiger partial charge < -0.3 is 9.47 Å². The number of ether oxygens (including phenoxy) is 2. The van der Waals surface area contributed by atoms with Gasteiger partial charge in [0, 0.05) is 6.07 Å². The van der Waals surface area contributed by atoms with E-state index in [4.69, 9.17) is 14.0 Å². The van der Waals surface area contributed by atoms with Crippen LogP contribution in [0.4, 0.5) is 0 Å². The molecule has 5 nitrogen and oxygen atoms in total. The van der Waals surface area contributed by atoms with E-state index in [1.165, 1.54) is 19.2 Å². The number of benzene rings is 2. The lowest BCUT2D eigenvalue weighted by molar-refractivity contribution is 0.394. The monoisotopic (exact) mass is 280 g/mol. The lowest BCUT2D eigenvalue weighted by Crippen LogP contribution is -2.01. The van der Waals surface area contributed by atoms with Crippen LogP contribution in [0.1, 0.15) is 0 Å². The number of hydrogen-bond donors (Lipinski definition) is 1. The Morgan fingerprint density at radius 2 is 1.68 bits per heavy atom. The van der Waals surface area contributed by atoms with Crippen LogP contribution in [0.25, 0.3) is 0 Å². The summed E-state index contributed by atoms with van der Waals surface area (Å²) in [5, 5.41) is 0. The number of para-hydroxylation sites is 1. The lowest BCUT2D eigenvalue weighted by Gasteiger charge is -2.09. The Morgan fingerprint density at radius 3 is 2.26 bits per heavy atom. The van der Waals surface area contributed by atoms with Gasteiger partial charge >= 0.3 is 0 Å². The minimum absolute atomic E-state index is 0.0583. The topological polar surface area (TPSA) is 72.8 Å². The second kappa shape index (κ2) is 5.29. The Hall–Kier alpha value is -2.05. The zero-order valence-corrected chi connectivity index (χ0v) is 10.9. The van der Waals surface area contributed by atoms with Crippen LogP contribution in [0, 0.1) is 0 Å². The molecule has 0 atom stereocenters. The summed E-state index contributed by atoms with van der Waals surface area (Å²) in [6, 6.07) is 13.1. The maximum atomic E-state index is 11.2. The Labute approximate surface area is 111 Å². The third-order valence-electron chi connectivity index (χ3n) is 2.39. The second-order valence-electron chi connectivity index (χ2n) is 3.70. The van der Waals surface area contributed by atoms with Crippen molar-refractivity contribution in [2.45, 2.75) is 4.90 Å². The number of rotatable bonds is 4. The van der Waals surface area contributed by atoms with Gasteiger partial charge in [0.15, 0.2) is 0 Å². The maximum Gasteiger partial charge on any atom is 0.298 e. The molecule has 1 N–H and O–H groups in total. The average molecular weight is 280 g/mol. The Morgan fingerprint density at radius 1 is 1.00 bits per heavy atom. The van der Waals surface area contributed by atoms with Crippen molar-refractivity contribution in [3.05, 3.63) is 48.5 Å². The first kappa shape index (κ1) is 13.4. The third kappa shape index (κ3) is 3.24. The molecule has 0 saturated carbocycles. The first-order chi connectivity index (χ1) is 9.00. The van der Waals surface area contributed by atoms with Gasteiger partial charge in [0.1, 0.15) is 22.1 Å². The molecule has 2 aromatic carbocycles. The van der Waals surface area contributed by atoms with E-state index in [-0.39, 0.29) is 10.6 Å². The van der Waals surface area contributed by atoms with Crippen LogP contribution in [-0.2, 0) is 10.1 Å². The highest BCUT2D eigenvalue weighted by Gasteiger charge is 2.17. The van der Waals surface area contributed by atoms with Crippen molar-refractivity contribution < 1.29 is 22.4 Å². The highest BCUT2D eigenvalue weighted by molar-refractivity contribution is 7.86. The van der Waals surface area contributed by atoms with Gasteiger partial charge in [-0.05, 0) is 24.3 Å². The van der Waals surface area contributed by atoms with Crippen molar-refractivity contribution in [2.24, 2.45) is 0 Å². The fourth-order valence-corrected chi connectivity index (χ4v) is 2.22. The van der Waals surface area contributed by atoms with E-state index in [1.54, 1.807) is 30.3 Å². The molecule has 0 aliphatic carbocycles. The van der Waals surface area contributed by atoms with E-state index in [9.17, 15) is 8.42 Å². The molecule has 2 rings (SSSR count). The first-order valence-corrected chi connectivity index (χ1v) is 6.83. The van der Waals surface area contributed by atoms with Crippen molar-refractivity contribution in [3.63, 3.8) is 0 Å². The van der Waals surface area contributed by atoms with Crippen LogP contribution in [0.3, 0.4) is 0 Å². The largest absolute Gasteiger partial charge is 0.495 e. The van der Waals surface area contributed by atoms with Gasteiger partial charge in [-0.1, -0.05) is 18.2 Å². The Kier molecular flexibility index (Phi) is 3.73. The highest BCUT2D eigenvalue weighted by atomic mass is 32.2. The average Bonchev–Trinajstić information content (AvgIpc) is 2.39. The number of hydrogen-bond acceptors (Lipinski definition) is 4. The van der Waals surface area contributed by atoms with Crippen LogP contribution in [0.2, 0.25) is 0 Å². The van der Waals surface area contributed by atoms with E-state index >= 15 is 0 Å². The summed E-state index contributed by atoms with van der Waals surface area (Å²) in [6.07, 6.45) is 0. The SMILES string of the molecule is COc1ccc(Oc2ccccc2)cc1S(=O)(=O)O. The van der Waals surface area contributed by atoms with E-state index < -0.39 is 10.1 Å². The fraction of sp³-hybridized carbons (Fsp3) is 0.0769. The zero-order chi connectivity index (χ0) is 13.9. The minimum atomic E-state index is -4.37. The molecule has 2 aromatic rings. The molecule has 0 radical (unpaired) electrons. The molecule has 0 bridgehead atoms. The van der Waals surface area contributed by atoms with Gasteiger partial charge in [0.2, 0.25) is 0 Å². The summed E-state index contributed by atoms with van der Waals surface area (Å²) in [5.74, 6) is 0.913. The first-order valence-electron chi connectivity index (χ1n) is 5.39. The zero-order valence-electron chi connectivity index (χ0n) is 10.1. The second-order valence-corrected chi connectivity index (χ2v) is 5.09. The molecule has 0 saturated heterocycles. The summed E-state index contributed by atoms with van der Waals surface area (Å²) >= 11 is 0. The van der Waals surface area contributed by atoms with Gasteiger partial charge in [0.05, 0.1) is 7.11 Å². The predicted octanol–water partition coefficient (Wildman–Crippen LogP) is 2.73. The molecule has 0 amide bonds. The van der Waals surface area contributed by atoms with Crippen molar-refractivity contribution in [1.82, 2.24) is 0 Å². The summed E-state index contributed by atoms with van der Waals surface area (Å²) in [7, 11) is -3.04. The van der Waals surface area contributed by atoms with Gasteiger partial charge in [0.25, 0.3) is 10.1 Å². The van der Waals surface area contributed by atoms with Crippen LogP contribution in [0.15, 0.2) is 53.4 Å². The van der Waals surface area contributed by atoms with Gasteiger partial charge in [-0.3, -0.25) is 4.55 Å². The van der Waals surface area contributed by atoms with Crippen LogP contribution in [0.5, 0.6) is 17.2 Å². The molecule has 6 heteroatoms. The standard InChI is InChI=1S/C13H12O5S/c1-17-12-8-7-11(9-13(12)19(14,15)16)18-10-5-3-2-4-6-10/h2-9H,1H3,(H,14,15,16). The van der Waals surface area contributed by atoms with Crippen molar-refractivity contribution in [1.29, 1.82) is 0 Å². The molecule has 0 fully saturated rings. The van der Waals surface area contributed by atoms with Crippen molar-refractivity contribution in [3.8, 4) is 17.2 Å². The molecule has 0 aromatic heterocycles. The smallest absolute Gasteiger partial charge is 0.298 e. The molecular formula is C13H12O5S. The summed E-state index contributed by atoms with van der Waals surface area (Å²) in [5.41, 5.74) is 0. The molecule has 19 heavy (non-hydrogen) atoms. The molecule has 0 aliphatic heterocycles. The molecule has 0 spiro atoms. The van der Waals surface area contributed by atoms with E-state index in [2.05, 4.69) is 0 Å². The van der Waals surface area contributed by atoms with E-state index in [1.807, 2.05) is 6.07 Å². The Bertz CT molecular complexity index is 665. The molecule has 0 heterocycles. The summed E-state index contributed by atoms with van der Waals surface area (Å²) in [4.78, 5) is -0.330. The summed E-state index contributed by atoms with van der Waals surface area (Å²) < 4.78 is 42.0. The molecule has 0 aliphatic rings. The Balaban J connectivity index is 2.39. The molecular weight excluding hydrogens is 268 g/mol. The normalized spacial score (nSPS) is 11.1. The summed E-state index contributed by atoms with van der Waals surface area (Å²) in [6.45, 7) is 0. The minimum Gasteiger partial charge on any atom is -0.495 e. The highest BCUT2D eigenvalue weighted by Crippen LogP contribution is 2.30. The molecule has 100 valence electrons. The predicted molar refractivity (Wildman–Crippen MR) is 69.3 cm³/mol. The number of methoxy groups -OCH3 is 1.